The van der Waals surface area contributed by atoms with E-state index in [9.17, 15) is 4.79 Å². The zero-order chi connectivity index (χ0) is 9.42. The van der Waals surface area contributed by atoms with Crippen molar-refractivity contribution in [1.29, 1.82) is 0 Å². The number of esters is 1. The van der Waals surface area contributed by atoms with Gasteiger partial charge in [0.1, 0.15) is 6.10 Å². The average molecular weight is 180 g/mol. The van der Waals surface area contributed by atoms with Gasteiger partial charge in [0, 0.05) is 5.57 Å². The zero-order valence-electron chi connectivity index (χ0n) is 8.08. The maximum atomic E-state index is 11.3. The quantitative estimate of drug-likeness (QED) is 0.481. The third kappa shape index (κ3) is 1.62. The van der Waals surface area contributed by atoms with Crippen LogP contribution >= 0.6 is 0 Å². The number of carbonyl (C=O) groups is 1. The molecule has 0 spiro atoms. The summed E-state index contributed by atoms with van der Waals surface area (Å²) in [6.45, 7) is 5.29. The van der Waals surface area contributed by atoms with E-state index in [1.165, 1.54) is 19.3 Å². The second-order valence-electron chi connectivity index (χ2n) is 4.40. The Hall–Kier alpha value is -0.790. The Kier molecular flexibility index (Phi) is 2.14. The van der Waals surface area contributed by atoms with Crippen LogP contribution in [0.2, 0.25) is 0 Å². The molecule has 0 saturated heterocycles. The molecular weight excluding hydrogens is 164 g/mol. The van der Waals surface area contributed by atoms with Crippen molar-refractivity contribution in [2.24, 2.45) is 11.8 Å². The SMILES string of the molecule is C=C(C)C(=O)OC1C[C@@H]2CCC1C2. The highest BCUT2D eigenvalue weighted by atomic mass is 16.5. The molecule has 0 heterocycles. The maximum absolute atomic E-state index is 11.3. The first-order valence-corrected chi connectivity index (χ1v) is 5.03. The van der Waals surface area contributed by atoms with E-state index in [-0.39, 0.29) is 12.1 Å². The molecule has 2 aliphatic carbocycles. The van der Waals surface area contributed by atoms with Crippen molar-refractivity contribution in [2.75, 3.05) is 0 Å². The van der Waals surface area contributed by atoms with E-state index in [4.69, 9.17) is 4.74 Å². The van der Waals surface area contributed by atoms with E-state index >= 15 is 0 Å². The average Bonchev–Trinajstić information content (AvgIpc) is 2.64. The van der Waals surface area contributed by atoms with E-state index < -0.39 is 0 Å². The van der Waals surface area contributed by atoms with Gasteiger partial charge in [0.05, 0.1) is 0 Å². The van der Waals surface area contributed by atoms with Gasteiger partial charge >= 0.3 is 5.97 Å². The standard InChI is InChI=1S/C11H16O2/c1-7(2)11(12)13-10-6-8-3-4-9(10)5-8/h8-10H,1,3-6H2,2H3/t8-,9?,10?/m1/s1. The monoisotopic (exact) mass is 180 g/mol. The minimum atomic E-state index is -0.211. The van der Waals surface area contributed by atoms with Crippen LogP contribution in [0.4, 0.5) is 0 Å². The minimum Gasteiger partial charge on any atom is -0.459 e. The summed E-state index contributed by atoms with van der Waals surface area (Å²) in [7, 11) is 0. The van der Waals surface area contributed by atoms with Crippen molar-refractivity contribution >= 4 is 5.97 Å². The largest absolute Gasteiger partial charge is 0.459 e. The summed E-state index contributed by atoms with van der Waals surface area (Å²) in [5.41, 5.74) is 0.516. The van der Waals surface area contributed by atoms with Crippen molar-refractivity contribution in [3.8, 4) is 0 Å². The molecule has 2 unspecified atom stereocenters. The van der Waals surface area contributed by atoms with Crippen LogP contribution in [0.25, 0.3) is 0 Å². The highest BCUT2D eigenvalue weighted by Crippen LogP contribution is 2.45. The number of ether oxygens (including phenoxy) is 1. The van der Waals surface area contributed by atoms with Crippen LogP contribution < -0.4 is 0 Å². The lowest BCUT2D eigenvalue weighted by atomic mass is 9.98. The predicted molar refractivity (Wildman–Crippen MR) is 50.1 cm³/mol. The highest BCUT2D eigenvalue weighted by Gasteiger charge is 2.41. The number of hydrogen-bond acceptors (Lipinski definition) is 2. The molecule has 0 amide bonds. The van der Waals surface area contributed by atoms with Gasteiger partial charge in [0.25, 0.3) is 0 Å². The lowest BCUT2D eigenvalue weighted by Crippen LogP contribution is -2.24. The van der Waals surface area contributed by atoms with Crippen molar-refractivity contribution in [3.05, 3.63) is 12.2 Å². The molecule has 2 nitrogen and oxygen atoms in total. The van der Waals surface area contributed by atoms with Crippen molar-refractivity contribution < 1.29 is 9.53 Å². The van der Waals surface area contributed by atoms with Gasteiger partial charge in [-0.2, -0.15) is 0 Å². The lowest BCUT2D eigenvalue weighted by Gasteiger charge is -2.21. The fourth-order valence-electron chi connectivity index (χ4n) is 2.57. The number of fused-ring (bicyclic) bond motifs is 2. The maximum Gasteiger partial charge on any atom is 0.333 e. The highest BCUT2D eigenvalue weighted by molar-refractivity contribution is 5.87. The summed E-state index contributed by atoms with van der Waals surface area (Å²) in [5, 5.41) is 0. The van der Waals surface area contributed by atoms with Crippen LogP contribution in [0, 0.1) is 11.8 Å². The number of hydrogen-bond donors (Lipinski definition) is 0. The first-order valence-electron chi connectivity index (χ1n) is 5.03. The van der Waals surface area contributed by atoms with Crippen LogP contribution in [0.5, 0.6) is 0 Å². The molecule has 0 aliphatic heterocycles. The summed E-state index contributed by atoms with van der Waals surface area (Å²) < 4.78 is 5.37. The molecular formula is C11H16O2. The van der Waals surface area contributed by atoms with Gasteiger partial charge in [-0.15, -0.1) is 0 Å². The molecule has 2 aliphatic rings. The van der Waals surface area contributed by atoms with Crippen molar-refractivity contribution in [1.82, 2.24) is 0 Å². The molecule has 2 saturated carbocycles. The fraction of sp³-hybridized carbons (Fsp3) is 0.727. The molecule has 0 N–H and O–H groups in total. The van der Waals surface area contributed by atoms with E-state index in [0.717, 1.165) is 12.3 Å². The van der Waals surface area contributed by atoms with Crippen molar-refractivity contribution in [2.45, 2.75) is 38.7 Å². The van der Waals surface area contributed by atoms with Crippen LogP contribution in [-0.4, -0.2) is 12.1 Å². The van der Waals surface area contributed by atoms with Crippen LogP contribution in [-0.2, 0) is 9.53 Å². The van der Waals surface area contributed by atoms with Gasteiger partial charge < -0.3 is 4.74 Å². The zero-order valence-corrected chi connectivity index (χ0v) is 8.08. The van der Waals surface area contributed by atoms with Crippen LogP contribution in [0.3, 0.4) is 0 Å². The summed E-state index contributed by atoms with van der Waals surface area (Å²) >= 11 is 0. The van der Waals surface area contributed by atoms with E-state index in [1.807, 2.05) is 0 Å². The lowest BCUT2D eigenvalue weighted by molar-refractivity contribution is -0.146. The summed E-state index contributed by atoms with van der Waals surface area (Å²) in [4.78, 5) is 11.3. The molecule has 2 fully saturated rings. The van der Waals surface area contributed by atoms with E-state index in [2.05, 4.69) is 6.58 Å². The second-order valence-corrected chi connectivity index (χ2v) is 4.40. The molecule has 3 atom stereocenters. The Morgan fingerprint density at radius 1 is 1.38 bits per heavy atom. The Morgan fingerprint density at radius 2 is 2.15 bits per heavy atom. The second kappa shape index (κ2) is 3.17. The van der Waals surface area contributed by atoms with Crippen molar-refractivity contribution in [3.63, 3.8) is 0 Å². The fourth-order valence-corrected chi connectivity index (χ4v) is 2.57. The van der Waals surface area contributed by atoms with Gasteiger partial charge in [-0.3, -0.25) is 0 Å². The molecule has 0 aromatic rings. The summed E-state index contributed by atoms with van der Waals surface area (Å²) in [6, 6.07) is 0. The predicted octanol–water partition coefficient (Wildman–Crippen LogP) is 2.29. The summed E-state index contributed by atoms with van der Waals surface area (Å²) in [6.07, 6.45) is 5.14. The van der Waals surface area contributed by atoms with Crippen LogP contribution in [0.1, 0.15) is 32.6 Å². The molecule has 2 rings (SSSR count). The molecule has 2 bridgehead atoms. The number of rotatable bonds is 2. The first kappa shape index (κ1) is 8.79. The van der Waals surface area contributed by atoms with Crippen LogP contribution in [0.15, 0.2) is 12.2 Å². The van der Waals surface area contributed by atoms with Gasteiger partial charge in [-0.05, 0) is 44.4 Å². The first-order chi connectivity index (χ1) is 6.16. The molecule has 72 valence electrons. The Labute approximate surface area is 79.0 Å². The van der Waals surface area contributed by atoms with Gasteiger partial charge in [-0.25, -0.2) is 4.79 Å². The third-order valence-corrected chi connectivity index (χ3v) is 3.28. The normalized spacial score (nSPS) is 36.2. The molecule has 2 heteroatoms. The smallest absolute Gasteiger partial charge is 0.333 e. The van der Waals surface area contributed by atoms with E-state index in [1.54, 1.807) is 6.92 Å². The molecule has 0 aromatic heterocycles. The van der Waals surface area contributed by atoms with Gasteiger partial charge in [0.2, 0.25) is 0 Å². The van der Waals surface area contributed by atoms with Gasteiger partial charge in [0.15, 0.2) is 0 Å². The Morgan fingerprint density at radius 3 is 2.62 bits per heavy atom. The van der Waals surface area contributed by atoms with Gasteiger partial charge in [-0.1, -0.05) is 6.58 Å². The third-order valence-electron chi connectivity index (χ3n) is 3.28. The molecule has 0 radical (unpaired) electrons. The Bertz CT molecular complexity index is 244. The topological polar surface area (TPSA) is 26.3 Å². The molecule has 13 heavy (non-hydrogen) atoms. The number of carbonyl (C=O) groups excluding carboxylic acids is 1. The van der Waals surface area contributed by atoms with E-state index in [0.29, 0.717) is 11.5 Å². The molecule has 0 aromatic carbocycles. The summed E-state index contributed by atoms with van der Waals surface area (Å²) in [5.74, 6) is 1.26. The Balaban J connectivity index is 1.90. The minimum absolute atomic E-state index is 0.197.